The van der Waals surface area contributed by atoms with Crippen LogP contribution in [0.25, 0.3) is 0 Å². The molecule has 1 N–H and O–H groups in total. The van der Waals surface area contributed by atoms with Gasteiger partial charge in [0.25, 0.3) is 11.5 Å². The fraction of sp³-hybridized carbons (Fsp3) is 0.545. The Balaban J connectivity index is 2.70. The van der Waals surface area contributed by atoms with Crippen molar-refractivity contribution in [1.29, 1.82) is 0 Å². The topological polar surface area (TPSA) is 82.5 Å². The third-order valence-corrected chi connectivity index (χ3v) is 2.35. The van der Waals surface area contributed by atoms with Crippen LogP contribution in [0.5, 0.6) is 0 Å². The minimum absolute atomic E-state index is 0.183. The Kier molecular flexibility index (Phi) is 5.47. The van der Waals surface area contributed by atoms with Crippen LogP contribution in [0.3, 0.4) is 0 Å². The quantitative estimate of drug-likeness (QED) is 0.700. The highest BCUT2D eigenvalue weighted by atomic mass is 16.7. The number of amides is 1. The monoisotopic (exact) mass is 255 g/mol. The van der Waals surface area contributed by atoms with Gasteiger partial charge in [-0.15, -0.1) is 0 Å². The molecule has 0 aromatic carbocycles. The molecule has 0 aliphatic carbocycles. The number of ether oxygens (including phenoxy) is 2. The zero-order valence-corrected chi connectivity index (χ0v) is 10.7. The Bertz CT molecular complexity index is 454. The largest absolute Gasteiger partial charge is 0.354 e. The van der Waals surface area contributed by atoms with E-state index in [1.54, 1.807) is 6.92 Å². The van der Waals surface area contributed by atoms with E-state index in [4.69, 9.17) is 9.47 Å². The summed E-state index contributed by atoms with van der Waals surface area (Å²) in [7, 11) is 2.96. The summed E-state index contributed by atoms with van der Waals surface area (Å²) >= 11 is 0. The molecule has 0 saturated heterocycles. The molecule has 18 heavy (non-hydrogen) atoms. The van der Waals surface area contributed by atoms with Crippen molar-refractivity contribution in [2.75, 3.05) is 20.8 Å². The van der Waals surface area contributed by atoms with Crippen molar-refractivity contribution in [2.24, 2.45) is 0 Å². The van der Waals surface area contributed by atoms with E-state index < -0.39 is 6.29 Å². The van der Waals surface area contributed by atoms with Crippen LogP contribution in [0.2, 0.25) is 0 Å². The number of aromatic nitrogens is 2. The molecule has 0 bridgehead atoms. The van der Waals surface area contributed by atoms with E-state index in [-0.39, 0.29) is 23.7 Å². The Morgan fingerprint density at radius 3 is 2.67 bits per heavy atom. The lowest BCUT2D eigenvalue weighted by Gasteiger charge is -2.13. The minimum Gasteiger partial charge on any atom is -0.354 e. The average Bonchev–Trinajstić information content (AvgIpc) is 2.40. The van der Waals surface area contributed by atoms with Crippen molar-refractivity contribution in [2.45, 2.75) is 19.8 Å². The number of nitrogens with one attached hydrogen (secondary N) is 1. The second kappa shape index (κ2) is 6.87. The predicted molar refractivity (Wildman–Crippen MR) is 64.3 cm³/mol. The molecule has 0 atom stereocenters. The number of carbonyl (C=O) groups is 1. The molecular formula is C11H17N3O4. The van der Waals surface area contributed by atoms with Crippen LogP contribution in [-0.2, 0) is 16.0 Å². The smallest absolute Gasteiger partial charge is 0.271 e. The van der Waals surface area contributed by atoms with Crippen molar-refractivity contribution >= 4 is 5.91 Å². The summed E-state index contributed by atoms with van der Waals surface area (Å²) in [6, 6.07) is 2.70. The zero-order chi connectivity index (χ0) is 13.5. The number of methoxy groups -OCH3 is 2. The van der Waals surface area contributed by atoms with Gasteiger partial charge in [-0.2, -0.15) is 5.10 Å². The highest BCUT2D eigenvalue weighted by molar-refractivity contribution is 5.91. The summed E-state index contributed by atoms with van der Waals surface area (Å²) in [6.07, 6.45) is -0.508. The molecular weight excluding hydrogens is 238 g/mol. The molecule has 0 aliphatic rings. The van der Waals surface area contributed by atoms with Crippen LogP contribution in [0.4, 0.5) is 0 Å². The van der Waals surface area contributed by atoms with E-state index in [2.05, 4.69) is 10.4 Å². The fourth-order valence-corrected chi connectivity index (χ4v) is 1.33. The molecule has 0 saturated carbocycles. The van der Waals surface area contributed by atoms with Crippen molar-refractivity contribution < 1.29 is 14.3 Å². The Morgan fingerprint density at radius 1 is 1.44 bits per heavy atom. The number of hydrogen-bond acceptors (Lipinski definition) is 5. The second-order valence-electron chi connectivity index (χ2n) is 3.48. The molecule has 0 fully saturated rings. The van der Waals surface area contributed by atoms with Gasteiger partial charge in [-0.25, -0.2) is 4.68 Å². The zero-order valence-electron chi connectivity index (χ0n) is 10.7. The second-order valence-corrected chi connectivity index (χ2v) is 3.48. The molecule has 1 heterocycles. The van der Waals surface area contributed by atoms with Gasteiger partial charge >= 0.3 is 0 Å². The summed E-state index contributed by atoms with van der Waals surface area (Å²) in [4.78, 5) is 23.1. The molecule has 7 nitrogen and oxygen atoms in total. The number of hydrogen-bond donors (Lipinski definition) is 1. The molecule has 1 rings (SSSR count). The summed E-state index contributed by atoms with van der Waals surface area (Å²) in [5.41, 5.74) is -0.0527. The lowest BCUT2D eigenvalue weighted by atomic mass is 10.3. The SMILES string of the molecule is CCn1nc(C(=O)NCC(OC)OC)ccc1=O. The van der Waals surface area contributed by atoms with Gasteiger partial charge in [-0.1, -0.05) is 0 Å². The number of carbonyl (C=O) groups excluding carboxylic acids is 1. The Morgan fingerprint density at radius 2 is 2.11 bits per heavy atom. The Hall–Kier alpha value is -1.73. The predicted octanol–water partition coefficient (Wildman–Crippen LogP) is -0.388. The first-order valence-corrected chi connectivity index (χ1v) is 5.54. The van der Waals surface area contributed by atoms with Crippen molar-refractivity contribution in [3.05, 3.63) is 28.2 Å². The summed E-state index contributed by atoms with van der Waals surface area (Å²) in [5, 5.41) is 6.54. The first-order valence-electron chi connectivity index (χ1n) is 5.54. The molecule has 1 amide bonds. The lowest BCUT2D eigenvalue weighted by molar-refractivity contribution is -0.0974. The van der Waals surface area contributed by atoms with E-state index in [0.29, 0.717) is 6.54 Å². The maximum atomic E-state index is 11.8. The number of nitrogens with zero attached hydrogens (tertiary/aromatic N) is 2. The van der Waals surface area contributed by atoms with Crippen LogP contribution >= 0.6 is 0 Å². The average molecular weight is 255 g/mol. The van der Waals surface area contributed by atoms with Gasteiger partial charge < -0.3 is 14.8 Å². The van der Waals surface area contributed by atoms with Gasteiger partial charge in [-0.3, -0.25) is 9.59 Å². The third-order valence-electron chi connectivity index (χ3n) is 2.35. The van der Waals surface area contributed by atoms with Crippen LogP contribution in [0.15, 0.2) is 16.9 Å². The van der Waals surface area contributed by atoms with Gasteiger partial charge in [0.15, 0.2) is 6.29 Å². The maximum Gasteiger partial charge on any atom is 0.271 e. The molecule has 0 aliphatic heterocycles. The molecule has 1 aromatic rings. The normalized spacial score (nSPS) is 10.7. The van der Waals surface area contributed by atoms with Gasteiger partial charge in [-0.05, 0) is 13.0 Å². The minimum atomic E-state index is -0.508. The van der Waals surface area contributed by atoms with Crippen LogP contribution < -0.4 is 10.9 Å². The molecule has 0 unspecified atom stereocenters. The molecule has 100 valence electrons. The Labute approximate surface area is 105 Å². The van der Waals surface area contributed by atoms with E-state index >= 15 is 0 Å². The van der Waals surface area contributed by atoms with Gasteiger partial charge in [0.1, 0.15) is 5.69 Å². The van der Waals surface area contributed by atoms with E-state index in [0.717, 1.165) is 0 Å². The first kappa shape index (κ1) is 14.3. The van der Waals surface area contributed by atoms with E-state index in [1.165, 1.54) is 31.0 Å². The standard InChI is InChI=1S/C11H17N3O4/c1-4-14-9(15)6-5-8(13-14)11(16)12-7-10(17-2)18-3/h5-6,10H,4,7H2,1-3H3,(H,12,16). The highest BCUT2D eigenvalue weighted by Gasteiger charge is 2.11. The third kappa shape index (κ3) is 3.64. The summed E-state index contributed by atoms with van der Waals surface area (Å²) in [6.45, 7) is 2.40. The van der Waals surface area contributed by atoms with Gasteiger partial charge in [0.2, 0.25) is 0 Å². The van der Waals surface area contributed by atoms with Gasteiger partial charge in [0.05, 0.1) is 6.54 Å². The van der Waals surface area contributed by atoms with Crippen molar-refractivity contribution in [1.82, 2.24) is 15.1 Å². The molecule has 0 radical (unpaired) electrons. The van der Waals surface area contributed by atoms with E-state index in [1.807, 2.05) is 0 Å². The molecule has 7 heteroatoms. The summed E-state index contributed by atoms with van der Waals surface area (Å²) < 4.78 is 11.1. The lowest BCUT2D eigenvalue weighted by Crippen LogP contribution is -2.35. The number of aryl methyl sites for hydroxylation is 1. The fourth-order valence-electron chi connectivity index (χ4n) is 1.33. The number of rotatable bonds is 6. The molecule has 1 aromatic heterocycles. The van der Waals surface area contributed by atoms with E-state index in [9.17, 15) is 9.59 Å². The first-order chi connectivity index (χ1) is 8.62. The van der Waals surface area contributed by atoms with Crippen LogP contribution in [-0.4, -0.2) is 42.7 Å². The maximum absolute atomic E-state index is 11.8. The molecule has 0 spiro atoms. The van der Waals surface area contributed by atoms with Crippen molar-refractivity contribution in [3.8, 4) is 0 Å². The highest BCUT2D eigenvalue weighted by Crippen LogP contribution is 1.93. The van der Waals surface area contributed by atoms with Crippen molar-refractivity contribution in [3.63, 3.8) is 0 Å². The van der Waals surface area contributed by atoms with Crippen LogP contribution in [0, 0.1) is 0 Å². The van der Waals surface area contributed by atoms with Gasteiger partial charge in [0, 0.05) is 26.8 Å². The summed E-state index contributed by atoms with van der Waals surface area (Å²) in [5.74, 6) is -0.378. The van der Waals surface area contributed by atoms with Crippen LogP contribution in [0.1, 0.15) is 17.4 Å².